The summed E-state index contributed by atoms with van der Waals surface area (Å²) in [6.07, 6.45) is 1.13. The molecule has 8 heteroatoms. The van der Waals surface area contributed by atoms with E-state index in [1.807, 2.05) is 12.1 Å². The third-order valence-corrected chi connectivity index (χ3v) is 6.07. The Morgan fingerprint density at radius 3 is 2.68 bits per heavy atom. The molecule has 4 atom stereocenters. The molecule has 2 fully saturated rings. The Balaban J connectivity index is 1.36. The first-order valence-corrected chi connectivity index (χ1v) is 10.8. The number of hydrogen-bond acceptors (Lipinski definition) is 5. The van der Waals surface area contributed by atoms with Crippen LogP contribution >= 0.6 is 11.6 Å². The fraction of sp³-hybridized carbons (Fsp3) is 0.435. The number of likely N-dealkylation sites (tertiary alicyclic amines) is 1. The largest absolute Gasteiger partial charge is 0.489 e. The Morgan fingerprint density at radius 2 is 1.94 bits per heavy atom. The average Bonchev–Trinajstić information content (AvgIpc) is 3.32. The van der Waals surface area contributed by atoms with Crippen LogP contribution in [0.15, 0.2) is 42.5 Å². The average molecular weight is 449 g/mol. The number of anilines is 1. The van der Waals surface area contributed by atoms with Gasteiger partial charge in [0.1, 0.15) is 35.6 Å². The monoisotopic (exact) mass is 448 g/mol. The molecule has 2 N–H and O–H groups in total. The number of aliphatic hydroxyl groups excluding tert-OH is 1. The van der Waals surface area contributed by atoms with E-state index in [0.717, 1.165) is 25.1 Å². The molecule has 4 rings (SSSR count). The van der Waals surface area contributed by atoms with Crippen molar-refractivity contribution in [1.82, 2.24) is 4.90 Å². The molecule has 2 aliphatic rings. The van der Waals surface area contributed by atoms with Crippen LogP contribution in [0.4, 0.5) is 10.1 Å². The number of carbonyl (C=O) groups excluding carboxylic acids is 1. The van der Waals surface area contributed by atoms with Crippen molar-refractivity contribution in [3.8, 4) is 11.5 Å². The van der Waals surface area contributed by atoms with Gasteiger partial charge in [-0.15, -0.1) is 0 Å². The molecule has 0 spiro atoms. The van der Waals surface area contributed by atoms with Gasteiger partial charge < -0.3 is 19.9 Å². The predicted molar refractivity (Wildman–Crippen MR) is 116 cm³/mol. The zero-order chi connectivity index (χ0) is 22.0. The summed E-state index contributed by atoms with van der Waals surface area (Å²) in [6.45, 7) is 2.92. The summed E-state index contributed by atoms with van der Waals surface area (Å²) >= 11 is 5.92. The van der Waals surface area contributed by atoms with Crippen molar-refractivity contribution in [2.45, 2.75) is 50.5 Å². The number of halogens is 2. The van der Waals surface area contributed by atoms with Crippen molar-refractivity contribution in [3.63, 3.8) is 0 Å². The number of benzene rings is 2. The number of nitrogens with zero attached hydrogens (tertiary/aromatic N) is 1. The molecule has 2 aromatic rings. The third-order valence-electron chi connectivity index (χ3n) is 5.82. The number of ether oxygens (including phenoxy) is 2. The lowest BCUT2D eigenvalue weighted by molar-refractivity contribution is -0.114. The van der Waals surface area contributed by atoms with Crippen LogP contribution in [0.3, 0.4) is 0 Å². The minimum atomic E-state index is -0.720. The fourth-order valence-electron chi connectivity index (χ4n) is 4.36. The second-order valence-electron chi connectivity index (χ2n) is 8.09. The molecule has 0 aromatic heterocycles. The van der Waals surface area contributed by atoms with E-state index in [1.165, 1.54) is 25.1 Å². The number of carbonyl (C=O) groups is 1. The molecule has 0 unspecified atom stereocenters. The Kier molecular flexibility index (Phi) is 6.65. The highest BCUT2D eigenvalue weighted by Gasteiger charge is 2.42. The number of hydrogen-bond donors (Lipinski definition) is 2. The van der Waals surface area contributed by atoms with Crippen molar-refractivity contribution in [2.24, 2.45) is 0 Å². The third kappa shape index (κ3) is 5.29. The molecule has 0 bridgehead atoms. The summed E-state index contributed by atoms with van der Waals surface area (Å²) < 4.78 is 25.7. The summed E-state index contributed by atoms with van der Waals surface area (Å²) in [5.74, 6) is 0.270. The highest BCUT2D eigenvalue weighted by molar-refractivity contribution is 6.30. The van der Waals surface area contributed by atoms with Gasteiger partial charge in [-0.05, 0) is 55.7 Å². The standard InChI is InChI=1S/C23H26ClFN2O4/c1-14(28)26-19-7-4-16(25)12-22(19)31-21-9-8-20(23(21)29)27-11-10-18(13-27)30-17-5-2-15(24)3-6-17/h2-7,12,18,20-21,23,29H,8-11,13H2,1H3,(H,26,28)/t18-,20-,21-,23-/m0/s1. The van der Waals surface area contributed by atoms with E-state index >= 15 is 0 Å². The van der Waals surface area contributed by atoms with Crippen LogP contribution in [0, 0.1) is 5.82 Å². The van der Waals surface area contributed by atoms with Crippen LogP contribution in [0.1, 0.15) is 26.2 Å². The Hall–Kier alpha value is -2.35. The summed E-state index contributed by atoms with van der Waals surface area (Å²) in [7, 11) is 0. The van der Waals surface area contributed by atoms with E-state index in [-0.39, 0.29) is 23.8 Å². The van der Waals surface area contributed by atoms with E-state index in [9.17, 15) is 14.3 Å². The number of nitrogens with one attached hydrogen (secondary N) is 1. The zero-order valence-electron chi connectivity index (χ0n) is 17.3. The van der Waals surface area contributed by atoms with Gasteiger partial charge in [-0.3, -0.25) is 9.69 Å². The fourth-order valence-corrected chi connectivity index (χ4v) is 4.48. The van der Waals surface area contributed by atoms with Gasteiger partial charge in [0.05, 0.1) is 5.69 Å². The molecular formula is C23H26ClFN2O4. The molecule has 1 aliphatic carbocycles. The van der Waals surface area contributed by atoms with Crippen LogP contribution in [0.25, 0.3) is 0 Å². The van der Waals surface area contributed by atoms with E-state index in [0.29, 0.717) is 23.7 Å². The van der Waals surface area contributed by atoms with E-state index in [1.54, 1.807) is 12.1 Å². The van der Waals surface area contributed by atoms with Crippen LogP contribution in [-0.4, -0.2) is 53.4 Å². The minimum Gasteiger partial charge on any atom is -0.489 e. The van der Waals surface area contributed by atoms with Crippen molar-refractivity contribution < 1.29 is 23.8 Å². The smallest absolute Gasteiger partial charge is 0.221 e. The van der Waals surface area contributed by atoms with Gasteiger partial charge >= 0.3 is 0 Å². The van der Waals surface area contributed by atoms with E-state index in [4.69, 9.17) is 21.1 Å². The zero-order valence-corrected chi connectivity index (χ0v) is 18.0. The summed E-state index contributed by atoms with van der Waals surface area (Å²) in [5.41, 5.74) is 0.391. The number of rotatable bonds is 6. The van der Waals surface area contributed by atoms with Gasteiger partial charge in [-0.25, -0.2) is 4.39 Å². The molecule has 1 saturated heterocycles. The van der Waals surface area contributed by atoms with Crippen LogP contribution in [0.5, 0.6) is 11.5 Å². The second kappa shape index (κ2) is 9.42. The molecule has 0 radical (unpaired) electrons. The molecule has 1 aliphatic heterocycles. The van der Waals surface area contributed by atoms with Crippen molar-refractivity contribution in [1.29, 1.82) is 0 Å². The highest BCUT2D eigenvalue weighted by atomic mass is 35.5. The molecular weight excluding hydrogens is 423 g/mol. The first kappa shape index (κ1) is 21.9. The van der Waals surface area contributed by atoms with Gasteiger partial charge in [0.15, 0.2) is 0 Å². The quantitative estimate of drug-likeness (QED) is 0.702. The Morgan fingerprint density at radius 1 is 1.16 bits per heavy atom. The normalized spacial score (nSPS) is 26.1. The molecule has 2 aromatic carbocycles. The van der Waals surface area contributed by atoms with E-state index in [2.05, 4.69) is 10.2 Å². The Bertz CT molecular complexity index is 926. The topological polar surface area (TPSA) is 71.0 Å². The molecule has 31 heavy (non-hydrogen) atoms. The van der Waals surface area contributed by atoms with Crippen molar-refractivity contribution >= 4 is 23.2 Å². The maximum Gasteiger partial charge on any atom is 0.221 e. The number of amides is 1. The summed E-state index contributed by atoms with van der Waals surface area (Å²) in [4.78, 5) is 13.7. The first-order valence-electron chi connectivity index (χ1n) is 10.5. The molecule has 6 nitrogen and oxygen atoms in total. The van der Waals surface area contributed by atoms with Crippen LogP contribution in [-0.2, 0) is 4.79 Å². The lowest BCUT2D eigenvalue weighted by Crippen LogP contribution is -2.44. The molecule has 1 heterocycles. The lowest BCUT2D eigenvalue weighted by Gasteiger charge is -2.28. The minimum absolute atomic E-state index is 0.0444. The summed E-state index contributed by atoms with van der Waals surface area (Å²) in [5, 5.41) is 14.2. The first-order chi connectivity index (χ1) is 14.9. The SMILES string of the molecule is CC(=O)Nc1ccc(F)cc1O[C@H]1CC[C@H](N2CC[C@H](Oc3ccc(Cl)cc3)C2)[C@@H]1O. The van der Waals surface area contributed by atoms with Crippen molar-refractivity contribution in [3.05, 3.63) is 53.3 Å². The highest BCUT2D eigenvalue weighted by Crippen LogP contribution is 2.34. The van der Waals surface area contributed by atoms with Gasteiger partial charge in [-0.2, -0.15) is 0 Å². The predicted octanol–water partition coefficient (Wildman–Crippen LogP) is 3.86. The molecule has 166 valence electrons. The maximum atomic E-state index is 13.7. The van der Waals surface area contributed by atoms with E-state index < -0.39 is 18.0 Å². The number of aliphatic hydroxyl groups is 1. The van der Waals surface area contributed by atoms with Gasteiger partial charge in [-0.1, -0.05) is 11.6 Å². The Labute approximate surface area is 185 Å². The van der Waals surface area contributed by atoms with Crippen molar-refractivity contribution in [2.75, 3.05) is 18.4 Å². The van der Waals surface area contributed by atoms with Gasteiger partial charge in [0, 0.05) is 37.1 Å². The molecule has 1 saturated carbocycles. The summed E-state index contributed by atoms with van der Waals surface area (Å²) in [6, 6.07) is 11.2. The lowest BCUT2D eigenvalue weighted by atomic mass is 10.1. The van der Waals surface area contributed by atoms with Gasteiger partial charge in [0.2, 0.25) is 5.91 Å². The van der Waals surface area contributed by atoms with Crippen LogP contribution in [0.2, 0.25) is 5.02 Å². The maximum absolute atomic E-state index is 13.7. The van der Waals surface area contributed by atoms with Crippen LogP contribution < -0.4 is 14.8 Å². The van der Waals surface area contributed by atoms with Gasteiger partial charge in [0.25, 0.3) is 0 Å². The molecule has 1 amide bonds. The second-order valence-corrected chi connectivity index (χ2v) is 8.53.